The minimum atomic E-state index is -4.67. The summed E-state index contributed by atoms with van der Waals surface area (Å²) < 4.78 is 47.3. The number of alkyl halides is 3. The molecule has 1 amide bonds. The molecule has 0 saturated heterocycles. The van der Waals surface area contributed by atoms with Crippen molar-refractivity contribution in [3.63, 3.8) is 0 Å². The van der Waals surface area contributed by atoms with Gasteiger partial charge >= 0.3 is 6.18 Å². The van der Waals surface area contributed by atoms with E-state index in [4.69, 9.17) is 10.2 Å². The number of fused-ring (bicyclic) bond motifs is 1. The van der Waals surface area contributed by atoms with Crippen LogP contribution in [-0.2, 0) is 17.4 Å². The molecular weight excluding hydrogens is 457 g/mol. The molecule has 0 saturated carbocycles. The number of nitrogens with zero attached hydrogens (tertiary/aromatic N) is 1. The first-order valence-corrected chi connectivity index (χ1v) is 11.1. The van der Waals surface area contributed by atoms with E-state index in [0.29, 0.717) is 17.5 Å². The average molecular weight is 480 g/mol. The molecule has 4 rings (SSSR count). The van der Waals surface area contributed by atoms with Crippen LogP contribution in [0.15, 0.2) is 83.3 Å². The minimum absolute atomic E-state index is 0.152. The molecule has 3 aromatic carbocycles. The van der Waals surface area contributed by atoms with E-state index >= 15 is 0 Å². The number of ketones is 1. The molecule has 0 fully saturated rings. The van der Waals surface area contributed by atoms with Gasteiger partial charge in [-0.15, -0.1) is 0 Å². The van der Waals surface area contributed by atoms with Gasteiger partial charge < -0.3 is 10.2 Å². The molecule has 2 N–H and O–H groups in total. The zero-order valence-electron chi connectivity index (χ0n) is 18.7. The Morgan fingerprint density at radius 2 is 1.57 bits per heavy atom. The van der Waals surface area contributed by atoms with Crippen molar-refractivity contribution in [2.45, 2.75) is 31.4 Å². The number of benzene rings is 3. The maximum Gasteiger partial charge on any atom is 0.416 e. The first-order chi connectivity index (χ1) is 16.7. The maximum atomic E-state index is 13.9. The quantitative estimate of drug-likeness (QED) is 0.301. The molecule has 4 aromatic rings. The van der Waals surface area contributed by atoms with Crippen molar-refractivity contribution in [3.8, 4) is 0 Å². The van der Waals surface area contributed by atoms with Gasteiger partial charge in [0.15, 0.2) is 5.58 Å². The van der Waals surface area contributed by atoms with E-state index in [1.54, 1.807) is 24.3 Å². The highest BCUT2D eigenvalue weighted by Gasteiger charge is 2.40. The summed E-state index contributed by atoms with van der Waals surface area (Å²) in [5, 5.41) is 0. The van der Waals surface area contributed by atoms with E-state index < -0.39 is 41.7 Å². The van der Waals surface area contributed by atoms with Crippen molar-refractivity contribution in [3.05, 3.63) is 101 Å². The largest absolute Gasteiger partial charge is 0.434 e. The first-order valence-electron chi connectivity index (χ1n) is 11.1. The molecule has 35 heavy (non-hydrogen) atoms. The summed E-state index contributed by atoms with van der Waals surface area (Å²) in [6.07, 6.45) is -4.53. The van der Waals surface area contributed by atoms with Gasteiger partial charge in [0.1, 0.15) is 5.52 Å². The Morgan fingerprint density at radius 3 is 2.26 bits per heavy atom. The van der Waals surface area contributed by atoms with E-state index in [9.17, 15) is 22.8 Å². The maximum absolute atomic E-state index is 13.9. The van der Waals surface area contributed by atoms with E-state index in [-0.39, 0.29) is 17.9 Å². The third kappa shape index (κ3) is 5.59. The van der Waals surface area contributed by atoms with Crippen molar-refractivity contribution in [2.24, 2.45) is 11.7 Å². The Labute approximate surface area is 199 Å². The molecular formula is C27H23F3N2O3. The summed E-state index contributed by atoms with van der Waals surface area (Å²) in [4.78, 5) is 30.0. The predicted molar refractivity (Wildman–Crippen MR) is 125 cm³/mol. The molecule has 1 aromatic heterocycles. The lowest BCUT2D eigenvalue weighted by Gasteiger charge is -2.27. The van der Waals surface area contributed by atoms with Crippen LogP contribution in [0.2, 0.25) is 0 Å². The molecule has 0 bridgehead atoms. The van der Waals surface area contributed by atoms with E-state index in [1.165, 1.54) is 18.2 Å². The number of rotatable bonds is 9. The number of aryl methyl sites for hydroxylation is 1. The summed E-state index contributed by atoms with van der Waals surface area (Å²) in [5.74, 6) is -3.72. The van der Waals surface area contributed by atoms with Gasteiger partial charge in [-0.1, -0.05) is 60.7 Å². The Bertz CT molecular complexity index is 1300. The third-order valence-corrected chi connectivity index (χ3v) is 6.00. The number of hydrogen-bond donors (Lipinski definition) is 1. The Morgan fingerprint density at radius 1 is 0.914 bits per heavy atom. The van der Waals surface area contributed by atoms with Crippen LogP contribution in [0.1, 0.15) is 46.1 Å². The van der Waals surface area contributed by atoms with E-state index in [0.717, 1.165) is 11.6 Å². The SMILES string of the molecule is NC(=O)CC(c1ccccc1C(F)(F)F)C(CCc1ccccc1)C(=O)c1nc2ccccc2o1. The normalized spacial score (nSPS) is 13.5. The second kappa shape index (κ2) is 10.1. The van der Waals surface area contributed by atoms with Crippen LogP contribution < -0.4 is 5.73 Å². The number of halogens is 3. The number of aromatic nitrogens is 1. The van der Waals surface area contributed by atoms with Crippen LogP contribution in [0.5, 0.6) is 0 Å². The summed E-state index contributed by atoms with van der Waals surface area (Å²) in [7, 11) is 0. The number of para-hydroxylation sites is 2. The van der Waals surface area contributed by atoms with E-state index in [2.05, 4.69) is 4.98 Å². The molecule has 1 heterocycles. The van der Waals surface area contributed by atoms with Crippen LogP contribution in [0.3, 0.4) is 0 Å². The highest BCUT2D eigenvalue weighted by molar-refractivity contribution is 5.97. The average Bonchev–Trinajstić information content (AvgIpc) is 3.27. The number of amides is 1. The zero-order valence-corrected chi connectivity index (χ0v) is 18.7. The summed E-state index contributed by atoms with van der Waals surface area (Å²) in [5.41, 5.74) is 6.17. The number of nitrogens with two attached hydrogens (primary N) is 1. The molecule has 180 valence electrons. The predicted octanol–water partition coefficient (Wildman–Crippen LogP) is 5.94. The lowest BCUT2D eigenvalue weighted by molar-refractivity contribution is -0.138. The second-order valence-corrected chi connectivity index (χ2v) is 8.34. The fraction of sp³-hybridized carbons (Fsp3) is 0.222. The van der Waals surface area contributed by atoms with Gasteiger partial charge in [-0.3, -0.25) is 9.59 Å². The van der Waals surface area contributed by atoms with Gasteiger partial charge in [-0.05, 0) is 42.2 Å². The lowest BCUT2D eigenvalue weighted by atomic mass is 9.76. The molecule has 2 unspecified atom stereocenters. The van der Waals surface area contributed by atoms with E-state index in [1.807, 2.05) is 30.3 Å². The third-order valence-electron chi connectivity index (χ3n) is 6.00. The minimum Gasteiger partial charge on any atom is -0.434 e. The van der Waals surface area contributed by atoms with Gasteiger partial charge in [0.25, 0.3) is 5.89 Å². The number of Topliss-reactive ketones (excluding diaryl/α,β-unsaturated/α-hetero) is 1. The number of carbonyl (C=O) groups excluding carboxylic acids is 2. The fourth-order valence-corrected chi connectivity index (χ4v) is 4.38. The van der Waals surface area contributed by atoms with Crippen LogP contribution in [0.25, 0.3) is 11.1 Å². The molecule has 2 atom stereocenters. The summed E-state index contributed by atoms with van der Waals surface area (Å²) in [6, 6.07) is 21.0. The van der Waals surface area contributed by atoms with Crippen molar-refractivity contribution in [2.75, 3.05) is 0 Å². The Hall–Kier alpha value is -3.94. The molecule has 8 heteroatoms. The van der Waals surface area contributed by atoms with Crippen molar-refractivity contribution < 1.29 is 27.2 Å². The Balaban J connectivity index is 1.80. The van der Waals surface area contributed by atoms with Crippen LogP contribution >= 0.6 is 0 Å². The van der Waals surface area contributed by atoms with Crippen LogP contribution in [-0.4, -0.2) is 16.7 Å². The molecule has 0 aliphatic heterocycles. The summed E-state index contributed by atoms with van der Waals surface area (Å²) >= 11 is 0. The smallest absolute Gasteiger partial charge is 0.416 e. The van der Waals surface area contributed by atoms with Crippen molar-refractivity contribution in [1.82, 2.24) is 4.98 Å². The molecule has 0 radical (unpaired) electrons. The summed E-state index contributed by atoms with van der Waals surface area (Å²) in [6.45, 7) is 0. The lowest BCUT2D eigenvalue weighted by Crippen LogP contribution is -2.29. The van der Waals surface area contributed by atoms with Crippen LogP contribution in [0.4, 0.5) is 13.2 Å². The molecule has 5 nitrogen and oxygen atoms in total. The Kier molecular flexibility index (Phi) is 7.00. The number of carbonyl (C=O) groups is 2. The van der Waals surface area contributed by atoms with Crippen molar-refractivity contribution >= 4 is 22.8 Å². The number of hydrogen-bond acceptors (Lipinski definition) is 4. The number of primary amides is 1. The van der Waals surface area contributed by atoms with Gasteiger partial charge in [-0.2, -0.15) is 13.2 Å². The second-order valence-electron chi connectivity index (χ2n) is 8.34. The topological polar surface area (TPSA) is 86.2 Å². The van der Waals surface area contributed by atoms with Gasteiger partial charge in [0.2, 0.25) is 11.7 Å². The number of oxazole rings is 1. The van der Waals surface area contributed by atoms with Gasteiger partial charge in [-0.25, -0.2) is 4.98 Å². The molecule has 0 spiro atoms. The molecule has 0 aliphatic rings. The monoisotopic (exact) mass is 480 g/mol. The fourth-order valence-electron chi connectivity index (χ4n) is 4.38. The standard InChI is InChI=1S/C27H23F3N2O3/c28-27(29,30)21-11-5-4-10-18(21)20(16-24(31)33)19(15-14-17-8-2-1-3-9-17)25(34)26-32-22-12-6-7-13-23(22)35-26/h1-13,19-20H,14-16H2,(H2,31,33). The first kappa shape index (κ1) is 24.2. The molecule has 0 aliphatic carbocycles. The van der Waals surface area contributed by atoms with Gasteiger partial charge in [0.05, 0.1) is 5.56 Å². The highest BCUT2D eigenvalue weighted by Crippen LogP contribution is 2.41. The zero-order chi connectivity index (χ0) is 25.0. The van der Waals surface area contributed by atoms with Crippen molar-refractivity contribution in [1.29, 1.82) is 0 Å². The van der Waals surface area contributed by atoms with Crippen LogP contribution in [0, 0.1) is 5.92 Å². The highest BCUT2D eigenvalue weighted by atomic mass is 19.4. The van der Waals surface area contributed by atoms with Gasteiger partial charge in [0, 0.05) is 18.3 Å².